The summed E-state index contributed by atoms with van der Waals surface area (Å²) in [4.78, 5) is 9.89. The lowest BCUT2D eigenvalue weighted by Crippen LogP contribution is -2.50. The molecule has 4 rings (SSSR count). The van der Waals surface area contributed by atoms with Crippen molar-refractivity contribution in [2.75, 3.05) is 33.3 Å². The molecule has 5 nitrogen and oxygen atoms in total. The topological polar surface area (TPSA) is 41.7 Å². The second kappa shape index (κ2) is 8.23. The zero-order valence-electron chi connectivity index (χ0n) is 15.7. The third kappa shape index (κ3) is 3.94. The van der Waals surface area contributed by atoms with E-state index in [1.807, 2.05) is 24.3 Å². The average molecular weight is 355 g/mol. The molecule has 1 saturated carbocycles. The van der Waals surface area contributed by atoms with Crippen molar-refractivity contribution in [3.63, 3.8) is 0 Å². The lowest BCUT2D eigenvalue weighted by molar-refractivity contribution is 0.0749. The lowest BCUT2D eigenvalue weighted by Gasteiger charge is -2.40. The molecule has 0 bridgehead atoms. The number of aromatic nitrogens is 1. The van der Waals surface area contributed by atoms with Crippen LogP contribution in [0.3, 0.4) is 0 Å². The Kier molecular flexibility index (Phi) is 5.56. The summed E-state index contributed by atoms with van der Waals surface area (Å²) in [6, 6.07) is 8.68. The first kappa shape index (κ1) is 17.6. The number of oxazole rings is 1. The molecule has 0 N–H and O–H groups in total. The Morgan fingerprint density at radius 1 is 1.08 bits per heavy atom. The second-order valence-corrected chi connectivity index (χ2v) is 7.45. The summed E-state index contributed by atoms with van der Waals surface area (Å²) >= 11 is 0. The molecule has 5 heteroatoms. The van der Waals surface area contributed by atoms with E-state index in [1.54, 1.807) is 13.4 Å². The molecular formula is C21H29N3O2. The third-order valence-corrected chi connectivity index (χ3v) is 5.77. The molecular weight excluding hydrogens is 326 g/mol. The summed E-state index contributed by atoms with van der Waals surface area (Å²) in [5, 5.41) is 0. The highest BCUT2D eigenvalue weighted by molar-refractivity contribution is 5.62. The van der Waals surface area contributed by atoms with E-state index in [2.05, 4.69) is 9.80 Å². The van der Waals surface area contributed by atoms with E-state index in [0.29, 0.717) is 5.89 Å². The number of rotatable bonds is 5. The molecule has 140 valence electrons. The molecule has 0 atom stereocenters. The molecule has 1 aliphatic heterocycles. The van der Waals surface area contributed by atoms with Crippen LogP contribution in [-0.4, -0.2) is 54.1 Å². The number of methoxy groups -OCH3 is 1. The molecule has 1 aliphatic carbocycles. The van der Waals surface area contributed by atoms with Crippen LogP contribution in [0.25, 0.3) is 11.5 Å². The van der Waals surface area contributed by atoms with Gasteiger partial charge in [-0.3, -0.25) is 9.80 Å². The van der Waals surface area contributed by atoms with Crippen LogP contribution < -0.4 is 4.74 Å². The van der Waals surface area contributed by atoms with E-state index in [9.17, 15) is 0 Å². The van der Waals surface area contributed by atoms with Gasteiger partial charge in [0.2, 0.25) is 5.89 Å². The zero-order chi connectivity index (χ0) is 17.8. The standard InChI is InChI=1S/C21H29N3O2/c1-25-20-10-6-5-9-19(20)21-22-17(16-26-21)15-23-11-13-24(14-12-23)18-7-3-2-4-8-18/h5-6,9-10,16,18H,2-4,7-8,11-15H2,1H3. The number of para-hydroxylation sites is 1. The predicted octanol–water partition coefficient (Wildman–Crippen LogP) is 3.80. The van der Waals surface area contributed by atoms with Gasteiger partial charge >= 0.3 is 0 Å². The van der Waals surface area contributed by atoms with E-state index in [0.717, 1.165) is 42.7 Å². The number of nitrogens with zero attached hydrogens (tertiary/aromatic N) is 3. The highest BCUT2D eigenvalue weighted by atomic mass is 16.5. The van der Waals surface area contributed by atoms with Crippen LogP contribution >= 0.6 is 0 Å². The van der Waals surface area contributed by atoms with Gasteiger partial charge in [-0.05, 0) is 25.0 Å². The van der Waals surface area contributed by atoms with E-state index in [1.165, 1.54) is 45.2 Å². The van der Waals surface area contributed by atoms with Crippen molar-refractivity contribution in [2.45, 2.75) is 44.7 Å². The normalized spacial score (nSPS) is 20.3. The van der Waals surface area contributed by atoms with Crippen LogP contribution in [0.5, 0.6) is 5.75 Å². The minimum absolute atomic E-state index is 0.637. The third-order valence-electron chi connectivity index (χ3n) is 5.77. The van der Waals surface area contributed by atoms with Gasteiger partial charge in [0.05, 0.1) is 18.4 Å². The summed E-state index contributed by atoms with van der Waals surface area (Å²) in [5.41, 5.74) is 1.90. The van der Waals surface area contributed by atoms with Crippen molar-refractivity contribution < 1.29 is 9.15 Å². The maximum atomic E-state index is 5.72. The van der Waals surface area contributed by atoms with Gasteiger partial charge in [0.15, 0.2) is 0 Å². The SMILES string of the molecule is COc1ccccc1-c1nc(CN2CCN(C3CCCCC3)CC2)co1. The minimum Gasteiger partial charge on any atom is -0.496 e. The summed E-state index contributed by atoms with van der Waals surface area (Å²) in [7, 11) is 1.68. The van der Waals surface area contributed by atoms with Crippen molar-refractivity contribution in [1.29, 1.82) is 0 Å². The highest BCUT2D eigenvalue weighted by Crippen LogP contribution is 2.29. The quantitative estimate of drug-likeness (QED) is 0.816. The summed E-state index contributed by atoms with van der Waals surface area (Å²) in [6.07, 6.45) is 8.83. The van der Waals surface area contributed by atoms with Gasteiger partial charge in [-0.25, -0.2) is 4.98 Å². The van der Waals surface area contributed by atoms with Gasteiger partial charge in [-0.15, -0.1) is 0 Å². The average Bonchev–Trinajstić information content (AvgIpc) is 3.17. The summed E-state index contributed by atoms with van der Waals surface area (Å²) in [6.45, 7) is 5.46. The number of hydrogen-bond acceptors (Lipinski definition) is 5. The van der Waals surface area contributed by atoms with Gasteiger partial charge in [-0.1, -0.05) is 31.4 Å². The molecule has 26 heavy (non-hydrogen) atoms. The fourth-order valence-electron chi connectivity index (χ4n) is 4.29. The highest BCUT2D eigenvalue weighted by Gasteiger charge is 2.25. The van der Waals surface area contributed by atoms with Crippen LogP contribution in [0.4, 0.5) is 0 Å². The van der Waals surface area contributed by atoms with E-state index < -0.39 is 0 Å². The fourth-order valence-corrected chi connectivity index (χ4v) is 4.29. The van der Waals surface area contributed by atoms with Crippen LogP contribution in [-0.2, 0) is 6.54 Å². The molecule has 2 aromatic rings. The van der Waals surface area contributed by atoms with Gasteiger partial charge in [-0.2, -0.15) is 0 Å². The first-order valence-electron chi connectivity index (χ1n) is 9.87. The largest absolute Gasteiger partial charge is 0.496 e. The van der Waals surface area contributed by atoms with Gasteiger partial charge < -0.3 is 9.15 Å². The zero-order valence-corrected chi connectivity index (χ0v) is 15.7. The van der Waals surface area contributed by atoms with Gasteiger partial charge in [0, 0.05) is 38.8 Å². The Hall–Kier alpha value is -1.85. The maximum Gasteiger partial charge on any atom is 0.229 e. The van der Waals surface area contributed by atoms with Crippen molar-refractivity contribution >= 4 is 0 Å². The van der Waals surface area contributed by atoms with E-state index in [4.69, 9.17) is 14.1 Å². The van der Waals surface area contributed by atoms with E-state index in [-0.39, 0.29) is 0 Å². The first-order chi connectivity index (χ1) is 12.8. The smallest absolute Gasteiger partial charge is 0.229 e. The lowest BCUT2D eigenvalue weighted by atomic mass is 9.94. The summed E-state index contributed by atoms with van der Waals surface area (Å²) < 4.78 is 11.1. The molecule has 1 aromatic carbocycles. The Labute approximate surface area is 156 Å². The number of ether oxygens (including phenoxy) is 1. The molecule has 2 heterocycles. The predicted molar refractivity (Wildman–Crippen MR) is 102 cm³/mol. The minimum atomic E-state index is 0.637. The Morgan fingerprint density at radius 3 is 2.62 bits per heavy atom. The van der Waals surface area contributed by atoms with Gasteiger partial charge in [0.1, 0.15) is 12.0 Å². The molecule has 2 fully saturated rings. The van der Waals surface area contributed by atoms with Crippen molar-refractivity contribution in [1.82, 2.24) is 14.8 Å². The monoisotopic (exact) mass is 355 g/mol. The van der Waals surface area contributed by atoms with Crippen molar-refractivity contribution in [3.8, 4) is 17.2 Å². The Balaban J connectivity index is 1.34. The number of piperazine rings is 1. The number of benzene rings is 1. The van der Waals surface area contributed by atoms with Crippen molar-refractivity contribution in [3.05, 3.63) is 36.2 Å². The van der Waals surface area contributed by atoms with Gasteiger partial charge in [0.25, 0.3) is 0 Å². The molecule has 0 spiro atoms. The molecule has 1 saturated heterocycles. The van der Waals surface area contributed by atoms with Crippen LogP contribution in [0.2, 0.25) is 0 Å². The van der Waals surface area contributed by atoms with Crippen LogP contribution in [0, 0.1) is 0 Å². The molecule has 0 amide bonds. The van der Waals surface area contributed by atoms with Crippen molar-refractivity contribution in [2.24, 2.45) is 0 Å². The number of hydrogen-bond donors (Lipinski definition) is 0. The molecule has 0 unspecified atom stereocenters. The Morgan fingerprint density at radius 2 is 1.85 bits per heavy atom. The summed E-state index contributed by atoms with van der Waals surface area (Å²) in [5.74, 6) is 1.43. The molecule has 0 radical (unpaired) electrons. The van der Waals surface area contributed by atoms with Crippen LogP contribution in [0.1, 0.15) is 37.8 Å². The van der Waals surface area contributed by atoms with E-state index >= 15 is 0 Å². The fraction of sp³-hybridized carbons (Fsp3) is 0.571. The van der Waals surface area contributed by atoms with Crippen LogP contribution in [0.15, 0.2) is 34.9 Å². The first-order valence-corrected chi connectivity index (χ1v) is 9.87. The maximum absolute atomic E-state index is 5.72. The molecule has 2 aliphatic rings. The Bertz CT molecular complexity index is 701. The molecule has 1 aromatic heterocycles. The second-order valence-electron chi connectivity index (χ2n) is 7.45.